The Bertz CT molecular complexity index is 3590. The molecule has 0 radical (unpaired) electrons. The molecule has 12 aromatic rings. The van der Waals surface area contributed by atoms with Gasteiger partial charge in [-0.3, -0.25) is 0 Å². The number of hydrogen-bond donors (Lipinski definition) is 0. The van der Waals surface area contributed by atoms with Gasteiger partial charge in [0.15, 0.2) is 17.5 Å². The molecule has 0 N–H and O–H groups in total. The van der Waals surface area contributed by atoms with Crippen LogP contribution in [0.2, 0.25) is 0 Å². The summed E-state index contributed by atoms with van der Waals surface area (Å²) in [6.45, 7) is 0. The first-order valence-electron chi connectivity index (χ1n) is 21.9. The summed E-state index contributed by atoms with van der Waals surface area (Å²) in [5.74, 6) is 1.86. The van der Waals surface area contributed by atoms with Crippen molar-refractivity contribution < 1.29 is 4.42 Å². The lowest BCUT2D eigenvalue weighted by Crippen LogP contribution is -2.02. The Morgan fingerprint density at radius 1 is 0.215 bits per heavy atom. The fraction of sp³-hybridized carbons (Fsp3) is 0. The predicted octanol–water partition coefficient (Wildman–Crippen LogP) is 16.3. The maximum Gasteiger partial charge on any atom is 0.164 e. The van der Waals surface area contributed by atoms with Gasteiger partial charge in [0.25, 0.3) is 0 Å². The molecule has 0 fully saturated rings. The molecule has 0 unspecified atom stereocenters. The second-order valence-electron chi connectivity index (χ2n) is 16.3. The van der Waals surface area contributed by atoms with Gasteiger partial charge in [0.2, 0.25) is 0 Å². The first-order valence-corrected chi connectivity index (χ1v) is 21.9. The molecule has 2 heterocycles. The molecule has 4 nitrogen and oxygen atoms in total. The Morgan fingerprint density at radius 2 is 0.600 bits per heavy atom. The average molecular weight is 830 g/mol. The predicted molar refractivity (Wildman–Crippen MR) is 268 cm³/mol. The van der Waals surface area contributed by atoms with Gasteiger partial charge in [-0.25, -0.2) is 15.0 Å². The van der Waals surface area contributed by atoms with Crippen molar-refractivity contribution in [1.29, 1.82) is 0 Å². The zero-order valence-corrected chi connectivity index (χ0v) is 35.3. The minimum atomic E-state index is 0.614. The number of nitrogens with zero attached hydrogens (tertiary/aromatic N) is 3. The van der Waals surface area contributed by atoms with E-state index >= 15 is 0 Å². The topological polar surface area (TPSA) is 51.8 Å². The Balaban J connectivity index is 0.908. The van der Waals surface area contributed by atoms with Gasteiger partial charge in [0, 0.05) is 27.5 Å². The summed E-state index contributed by atoms with van der Waals surface area (Å²) in [4.78, 5) is 15.6. The van der Waals surface area contributed by atoms with Crippen LogP contribution in [-0.4, -0.2) is 15.0 Å². The molecule has 0 aliphatic carbocycles. The summed E-state index contributed by atoms with van der Waals surface area (Å²) >= 11 is 0. The largest absolute Gasteiger partial charge is 0.456 e. The quantitative estimate of drug-likeness (QED) is 0.153. The van der Waals surface area contributed by atoms with Gasteiger partial charge >= 0.3 is 0 Å². The van der Waals surface area contributed by atoms with E-state index < -0.39 is 0 Å². The van der Waals surface area contributed by atoms with Gasteiger partial charge in [-0.2, -0.15) is 0 Å². The van der Waals surface area contributed by atoms with E-state index in [4.69, 9.17) is 19.4 Å². The molecule has 12 rings (SSSR count). The van der Waals surface area contributed by atoms with Crippen molar-refractivity contribution in [3.63, 3.8) is 0 Å². The molecule has 0 aliphatic heterocycles. The lowest BCUT2D eigenvalue weighted by atomic mass is 9.91. The molecular formula is C61H39N3O. The molecule has 4 heteroatoms. The van der Waals surface area contributed by atoms with Crippen LogP contribution in [0.5, 0.6) is 0 Å². The van der Waals surface area contributed by atoms with Crippen LogP contribution in [-0.2, 0) is 0 Å². The average Bonchev–Trinajstić information content (AvgIpc) is 3.77. The van der Waals surface area contributed by atoms with E-state index in [0.29, 0.717) is 17.5 Å². The zero-order valence-electron chi connectivity index (χ0n) is 35.3. The number of para-hydroxylation sites is 1. The summed E-state index contributed by atoms with van der Waals surface area (Å²) in [5.41, 5.74) is 15.9. The van der Waals surface area contributed by atoms with E-state index in [0.717, 1.165) is 83.1 Å². The van der Waals surface area contributed by atoms with Gasteiger partial charge in [-0.15, -0.1) is 0 Å². The van der Waals surface area contributed by atoms with Crippen molar-refractivity contribution >= 4 is 32.7 Å². The van der Waals surface area contributed by atoms with E-state index in [9.17, 15) is 0 Å². The number of hydrogen-bond acceptors (Lipinski definition) is 4. The van der Waals surface area contributed by atoms with E-state index in [1.54, 1.807) is 0 Å². The number of fused-ring (bicyclic) bond motifs is 4. The van der Waals surface area contributed by atoms with E-state index in [-0.39, 0.29) is 0 Å². The number of furan rings is 1. The van der Waals surface area contributed by atoms with Gasteiger partial charge in [-0.1, -0.05) is 218 Å². The molecule has 0 bridgehead atoms. The Hall–Kier alpha value is -8.73. The SMILES string of the molecule is c1ccc(-c2ccccc2-c2nc(-c3ccc(-c4ccc(-c5ccc(-c6ccc7c(c6)oc6ccccc67)cc5)c5ccccc45)cc3)nc(-c3ccccc3-c3ccccc3)n2)cc1. The number of rotatable bonds is 8. The van der Waals surface area contributed by atoms with Crippen LogP contribution in [0, 0.1) is 0 Å². The molecule has 0 amide bonds. The van der Waals surface area contributed by atoms with Crippen molar-refractivity contribution in [2.75, 3.05) is 0 Å². The smallest absolute Gasteiger partial charge is 0.164 e. The molecule has 2 aromatic heterocycles. The Labute approximate surface area is 376 Å². The molecule has 304 valence electrons. The summed E-state index contributed by atoms with van der Waals surface area (Å²) < 4.78 is 6.20. The Morgan fingerprint density at radius 3 is 1.15 bits per heavy atom. The van der Waals surface area contributed by atoms with Crippen LogP contribution in [0.25, 0.3) is 123 Å². The molecule has 0 spiro atoms. The van der Waals surface area contributed by atoms with Crippen LogP contribution < -0.4 is 0 Å². The van der Waals surface area contributed by atoms with Crippen molar-refractivity contribution in [1.82, 2.24) is 15.0 Å². The normalized spacial score (nSPS) is 11.4. The van der Waals surface area contributed by atoms with E-state index in [1.165, 1.54) is 21.9 Å². The van der Waals surface area contributed by atoms with Crippen LogP contribution in [0.4, 0.5) is 0 Å². The van der Waals surface area contributed by atoms with Crippen molar-refractivity contribution in [3.05, 3.63) is 237 Å². The van der Waals surface area contributed by atoms with Gasteiger partial charge in [0.1, 0.15) is 11.2 Å². The number of aromatic nitrogens is 3. The van der Waals surface area contributed by atoms with Gasteiger partial charge < -0.3 is 4.42 Å². The second kappa shape index (κ2) is 16.2. The van der Waals surface area contributed by atoms with E-state index in [2.05, 4.69) is 200 Å². The maximum absolute atomic E-state index is 6.20. The highest BCUT2D eigenvalue weighted by molar-refractivity contribution is 6.07. The first kappa shape index (κ1) is 38.0. The third kappa shape index (κ3) is 7.04. The highest BCUT2D eigenvalue weighted by Crippen LogP contribution is 2.39. The van der Waals surface area contributed by atoms with Crippen molar-refractivity contribution in [2.24, 2.45) is 0 Å². The summed E-state index contributed by atoms with van der Waals surface area (Å²) in [7, 11) is 0. The molecular weight excluding hydrogens is 791 g/mol. The standard InChI is InChI=1S/C61H39N3O/c1-3-15-41(16-4-1)47-19-7-11-24-55(47)60-62-59(63-61(64-60)56-25-12-8-20-48(56)42-17-5-2-6-18-42)45-33-31-44(32-34-45)50-38-37-49(51-21-9-10-22-52(50)51)43-29-27-40(28-30-43)46-35-36-54-53-23-13-14-26-57(53)65-58(54)39-46/h1-39H. The van der Waals surface area contributed by atoms with Crippen molar-refractivity contribution in [3.8, 4) is 89.8 Å². The highest BCUT2D eigenvalue weighted by atomic mass is 16.3. The summed E-state index contributed by atoms with van der Waals surface area (Å²) in [6, 6.07) is 82.9. The fourth-order valence-corrected chi connectivity index (χ4v) is 9.19. The lowest BCUT2D eigenvalue weighted by molar-refractivity contribution is 0.669. The summed E-state index contributed by atoms with van der Waals surface area (Å²) in [5, 5.41) is 4.67. The third-order valence-corrected chi connectivity index (χ3v) is 12.4. The number of benzene rings is 10. The van der Waals surface area contributed by atoms with Crippen LogP contribution in [0.3, 0.4) is 0 Å². The second-order valence-corrected chi connectivity index (χ2v) is 16.3. The fourth-order valence-electron chi connectivity index (χ4n) is 9.19. The van der Waals surface area contributed by atoms with Gasteiger partial charge in [-0.05, 0) is 84.6 Å². The van der Waals surface area contributed by atoms with E-state index in [1.807, 2.05) is 36.4 Å². The molecule has 10 aromatic carbocycles. The molecule has 0 saturated carbocycles. The monoisotopic (exact) mass is 829 g/mol. The van der Waals surface area contributed by atoms with Crippen LogP contribution >= 0.6 is 0 Å². The lowest BCUT2D eigenvalue weighted by Gasteiger charge is -2.14. The van der Waals surface area contributed by atoms with Gasteiger partial charge in [0.05, 0.1) is 0 Å². The molecule has 0 atom stereocenters. The van der Waals surface area contributed by atoms with Crippen molar-refractivity contribution in [2.45, 2.75) is 0 Å². The molecule has 0 saturated heterocycles. The summed E-state index contributed by atoms with van der Waals surface area (Å²) in [6.07, 6.45) is 0. The minimum absolute atomic E-state index is 0.614. The van der Waals surface area contributed by atoms with Crippen LogP contribution in [0.15, 0.2) is 241 Å². The molecule has 65 heavy (non-hydrogen) atoms. The first-order chi connectivity index (χ1) is 32.2. The maximum atomic E-state index is 6.20. The minimum Gasteiger partial charge on any atom is -0.456 e. The Kier molecular flexibility index (Phi) is 9.46. The highest BCUT2D eigenvalue weighted by Gasteiger charge is 2.19. The molecule has 0 aliphatic rings. The zero-order chi connectivity index (χ0) is 43.1. The van der Waals surface area contributed by atoms with Crippen LogP contribution in [0.1, 0.15) is 0 Å². The third-order valence-electron chi connectivity index (χ3n) is 12.4.